The number of nitrogens with one attached hydrogen (secondary N) is 1. The van der Waals surface area contributed by atoms with Crippen molar-refractivity contribution in [3.8, 4) is 0 Å². The number of hydrogen-bond acceptors (Lipinski definition) is 1. The monoisotopic (exact) mass is 255 g/mol. The van der Waals surface area contributed by atoms with Gasteiger partial charge in [-0.2, -0.15) is 0 Å². The van der Waals surface area contributed by atoms with Crippen molar-refractivity contribution in [3.05, 3.63) is 29.8 Å². The second-order valence-electron chi connectivity index (χ2n) is 4.47. The third-order valence-corrected chi connectivity index (χ3v) is 2.68. The molecule has 1 amide bonds. The van der Waals surface area contributed by atoms with E-state index in [-0.39, 0.29) is 11.5 Å². The number of unbranched alkanes of at least 4 members (excludes halogenated alkanes) is 2. The molecule has 18 heavy (non-hydrogen) atoms. The Labute approximate surface area is 106 Å². The highest BCUT2D eigenvalue weighted by molar-refractivity contribution is 5.90. The highest BCUT2D eigenvalue weighted by atomic mass is 19.3. The van der Waals surface area contributed by atoms with Gasteiger partial charge in [-0.25, -0.2) is 8.78 Å². The average Bonchev–Trinajstić information content (AvgIpc) is 2.29. The summed E-state index contributed by atoms with van der Waals surface area (Å²) in [5, 5.41) is 2.70. The second kappa shape index (κ2) is 6.47. The van der Waals surface area contributed by atoms with Crippen LogP contribution in [0.15, 0.2) is 24.3 Å². The minimum Gasteiger partial charge on any atom is -0.326 e. The van der Waals surface area contributed by atoms with Gasteiger partial charge in [-0.3, -0.25) is 4.79 Å². The zero-order valence-corrected chi connectivity index (χ0v) is 10.8. The summed E-state index contributed by atoms with van der Waals surface area (Å²) in [7, 11) is 0. The lowest BCUT2D eigenvalue weighted by Crippen LogP contribution is -2.12. The maximum Gasteiger partial charge on any atom is 0.270 e. The van der Waals surface area contributed by atoms with Gasteiger partial charge >= 0.3 is 0 Å². The Morgan fingerprint density at radius 2 is 1.83 bits per heavy atom. The van der Waals surface area contributed by atoms with Gasteiger partial charge in [0.15, 0.2) is 0 Å². The lowest BCUT2D eigenvalue weighted by molar-refractivity contribution is -0.116. The van der Waals surface area contributed by atoms with Crippen LogP contribution < -0.4 is 5.32 Å². The molecule has 0 aromatic heterocycles. The van der Waals surface area contributed by atoms with Crippen molar-refractivity contribution in [2.45, 2.75) is 45.5 Å². The topological polar surface area (TPSA) is 29.1 Å². The van der Waals surface area contributed by atoms with Gasteiger partial charge in [-0.1, -0.05) is 31.9 Å². The van der Waals surface area contributed by atoms with Crippen molar-refractivity contribution in [1.82, 2.24) is 0 Å². The molecule has 0 unspecified atom stereocenters. The van der Waals surface area contributed by atoms with E-state index in [1.54, 1.807) is 0 Å². The van der Waals surface area contributed by atoms with Gasteiger partial charge in [-0.15, -0.1) is 0 Å². The Hall–Kier alpha value is -1.45. The molecule has 1 N–H and O–H groups in total. The molecule has 0 aliphatic rings. The first-order valence-corrected chi connectivity index (χ1v) is 6.21. The molecular weight excluding hydrogens is 236 g/mol. The fourth-order valence-corrected chi connectivity index (χ4v) is 1.61. The third kappa shape index (κ3) is 4.82. The van der Waals surface area contributed by atoms with Crippen LogP contribution >= 0.6 is 0 Å². The number of carbonyl (C=O) groups is 1. The van der Waals surface area contributed by atoms with E-state index in [2.05, 4.69) is 12.2 Å². The van der Waals surface area contributed by atoms with Crippen molar-refractivity contribution in [1.29, 1.82) is 0 Å². The smallest absolute Gasteiger partial charge is 0.270 e. The van der Waals surface area contributed by atoms with Crippen LogP contribution in [0.3, 0.4) is 0 Å². The molecule has 0 saturated carbocycles. The van der Waals surface area contributed by atoms with Gasteiger partial charge < -0.3 is 5.32 Å². The summed E-state index contributed by atoms with van der Waals surface area (Å²) < 4.78 is 25.9. The molecule has 1 rings (SSSR count). The molecule has 0 heterocycles. The molecule has 4 heteroatoms. The van der Waals surface area contributed by atoms with Crippen molar-refractivity contribution >= 4 is 11.6 Å². The molecule has 0 saturated heterocycles. The molecule has 0 atom stereocenters. The lowest BCUT2D eigenvalue weighted by atomic mass is 10.1. The zero-order chi connectivity index (χ0) is 13.6. The molecule has 100 valence electrons. The van der Waals surface area contributed by atoms with Crippen LogP contribution in [-0.2, 0) is 10.7 Å². The van der Waals surface area contributed by atoms with Crippen molar-refractivity contribution < 1.29 is 13.6 Å². The number of carbonyl (C=O) groups excluding carboxylic acids is 1. The third-order valence-electron chi connectivity index (χ3n) is 2.68. The largest absolute Gasteiger partial charge is 0.326 e. The first kappa shape index (κ1) is 14.6. The fourth-order valence-electron chi connectivity index (χ4n) is 1.61. The number of rotatable bonds is 6. The quantitative estimate of drug-likeness (QED) is 0.754. The molecule has 1 aromatic rings. The Morgan fingerprint density at radius 3 is 2.33 bits per heavy atom. The fraction of sp³-hybridized carbons (Fsp3) is 0.500. The number of benzene rings is 1. The molecule has 2 nitrogen and oxygen atoms in total. The Morgan fingerprint density at radius 1 is 1.22 bits per heavy atom. The molecule has 0 fully saturated rings. The van der Waals surface area contributed by atoms with E-state index in [1.165, 1.54) is 24.3 Å². The van der Waals surface area contributed by atoms with Crippen LogP contribution in [0.1, 0.15) is 45.1 Å². The lowest BCUT2D eigenvalue weighted by Gasteiger charge is -2.11. The first-order chi connectivity index (χ1) is 8.43. The van der Waals surface area contributed by atoms with Gasteiger partial charge in [-0.05, 0) is 18.6 Å². The maximum atomic E-state index is 13.0. The van der Waals surface area contributed by atoms with Gasteiger partial charge in [0.25, 0.3) is 5.92 Å². The van der Waals surface area contributed by atoms with E-state index in [0.29, 0.717) is 12.1 Å². The second-order valence-corrected chi connectivity index (χ2v) is 4.47. The van der Waals surface area contributed by atoms with Crippen LogP contribution in [0.4, 0.5) is 14.5 Å². The summed E-state index contributed by atoms with van der Waals surface area (Å²) in [6, 6.07) is 5.68. The molecule has 0 bridgehead atoms. The van der Waals surface area contributed by atoms with Gasteiger partial charge in [0.2, 0.25) is 5.91 Å². The van der Waals surface area contributed by atoms with Crippen molar-refractivity contribution in [2.75, 3.05) is 5.32 Å². The van der Waals surface area contributed by atoms with Gasteiger partial charge in [0, 0.05) is 24.6 Å². The molecule has 0 aliphatic heterocycles. The Balaban J connectivity index is 2.51. The molecule has 0 radical (unpaired) electrons. The number of hydrogen-bond donors (Lipinski definition) is 1. The van der Waals surface area contributed by atoms with E-state index < -0.39 is 5.92 Å². The summed E-state index contributed by atoms with van der Waals surface area (Å²) >= 11 is 0. The normalized spacial score (nSPS) is 11.3. The van der Waals surface area contributed by atoms with E-state index >= 15 is 0 Å². The highest BCUT2D eigenvalue weighted by Gasteiger charge is 2.23. The Bertz CT molecular complexity index is 382. The van der Waals surface area contributed by atoms with Crippen LogP contribution in [-0.4, -0.2) is 5.91 Å². The van der Waals surface area contributed by atoms with E-state index in [9.17, 15) is 13.6 Å². The van der Waals surface area contributed by atoms with Crippen LogP contribution in [0.2, 0.25) is 0 Å². The van der Waals surface area contributed by atoms with Crippen LogP contribution in [0.25, 0.3) is 0 Å². The van der Waals surface area contributed by atoms with E-state index in [4.69, 9.17) is 0 Å². The number of amides is 1. The average molecular weight is 255 g/mol. The predicted molar refractivity (Wildman–Crippen MR) is 68.8 cm³/mol. The van der Waals surface area contributed by atoms with E-state index in [1.807, 2.05) is 0 Å². The number of halogens is 2. The minimum absolute atomic E-state index is 0.0496. The van der Waals surface area contributed by atoms with Crippen molar-refractivity contribution in [2.24, 2.45) is 0 Å². The van der Waals surface area contributed by atoms with Gasteiger partial charge in [0.1, 0.15) is 0 Å². The summed E-state index contributed by atoms with van der Waals surface area (Å²) in [6.07, 6.45) is 3.41. The summed E-state index contributed by atoms with van der Waals surface area (Å²) in [4.78, 5) is 11.5. The van der Waals surface area contributed by atoms with E-state index in [0.717, 1.165) is 26.2 Å². The minimum atomic E-state index is -2.84. The van der Waals surface area contributed by atoms with Crippen molar-refractivity contribution in [3.63, 3.8) is 0 Å². The maximum absolute atomic E-state index is 13.0. The Kier molecular flexibility index (Phi) is 5.25. The summed E-state index contributed by atoms with van der Waals surface area (Å²) in [5.41, 5.74) is 0.510. The van der Waals surface area contributed by atoms with Crippen LogP contribution in [0.5, 0.6) is 0 Å². The number of alkyl halides is 2. The molecular formula is C14H19F2NO. The zero-order valence-electron chi connectivity index (χ0n) is 10.8. The van der Waals surface area contributed by atoms with Crippen LogP contribution in [0, 0.1) is 0 Å². The standard InChI is InChI=1S/C14H19F2NO/c1-3-4-5-6-13(18)17-12-9-7-11(8-10-12)14(2,15)16/h7-10H,3-6H2,1-2H3,(H,17,18). The number of anilines is 1. The summed E-state index contributed by atoms with van der Waals surface area (Å²) in [6.45, 7) is 2.92. The first-order valence-electron chi connectivity index (χ1n) is 6.21. The van der Waals surface area contributed by atoms with Gasteiger partial charge in [0.05, 0.1) is 0 Å². The molecule has 0 aliphatic carbocycles. The molecule has 0 spiro atoms. The molecule has 1 aromatic carbocycles. The SMILES string of the molecule is CCCCCC(=O)Nc1ccc(C(C)(F)F)cc1. The predicted octanol–water partition coefficient (Wildman–Crippen LogP) is 4.32. The highest BCUT2D eigenvalue weighted by Crippen LogP contribution is 2.27. The summed E-state index contributed by atoms with van der Waals surface area (Å²) in [5.74, 6) is -2.91.